The topological polar surface area (TPSA) is 69.6 Å². The zero-order chi connectivity index (χ0) is 21.9. The Bertz CT molecular complexity index is 1090. The van der Waals surface area contributed by atoms with Gasteiger partial charge in [-0.1, -0.05) is 6.07 Å². The molecule has 2 N–H and O–H groups in total. The van der Waals surface area contributed by atoms with Gasteiger partial charge in [0, 0.05) is 0 Å². The van der Waals surface area contributed by atoms with Gasteiger partial charge in [0.25, 0.3) is 0 Å². The fourth-order valence-electron chi connectivity index (χ4n) is 2.54. The second kappa shape index (κ2) is 6.22. The van der Waals surface area contributed by atoms with Gasteiger partial charge in [-0.2, -0.15) is 39.5 Å². The first-order valence-corrected chi connectivity index (χ1v) is 7.49. The van der Waals surface area contributed by atoms with Crippen molar-refractivity contribution < 1.29 is 39.5 Å². The van der Waals surface area contributed by atoms with Gasteiger partial charge in [-0.3, -0.25) is 0 Å². The molecule has 0 spiro atoms. The first-order chi connectivity index (χ1) is 13.1. The molecule has 2 aromatic heterocycles. The predicted molar refractivity (Wildman–Crippen MR) is 80.8 cm³/mol. The van der Waals surface area contributed by atoms with Crippen molar-refractivity contribution >= 4 is 16.9 Å². The molecule has 0 saturated carbocycles. The second-order valence-corrected chi connectivity index (χ2v) is 5.89. The maximum Gasteiger partial charge on any atom is 0.451 e. The Hall–Kier alpha value is -3.06. The molecule has 0 atom stereocenters. The molecule has 0 saturated heterocycles. The molecule has 5 nitrogen and oxygen atoms in total. The van der Waals surface area contributed by atoms with E-state index in [0.717, 1.165) is 12.1 Å². The molecule has 0 amide bonds. The summed E-state index contributed by atoms with van der Waals surface area (Å²) in [6, 6.07) is 2.30. The van der Waals surface area contributed by atoms with E-state index in [2.05, 4.69) is 15.1 Å². The van der Waals surface area contributed by atoms with Gasteiger partial charge in [0.15, 0.2) is 11.3 Å². The number of aromatic nitrogens is 4. The standard InChI is InChI=1S/C15H8F9N5/c1-5-2-3-6(13(16,17)18)4-7(5)29-10(25)8-9(14(19,20)21)26-12(15(22,23)24)27-11(8)28-29/h2-4H,25H2,1H3. The van der Waals surface area contributed by atoms with Gasteiger partial charge in [-0.25, -0.2) is 14.6 Å². The first-order valence-electron chi connectivity index (χ1n) is 7.49. The molecule has 0 aliphatic rings. The molecule has 2 heterocycles. The third kappa shape index (κ3) is 3.65. The van der Waals surface area contributed by atoms with Crippen molar-refractivity contribution in [2.24, 2.45) is 0 Å². The molecule has 0 aliphatic heterocycles. The van der Waals surface area contributed by atoms with Crippen LogP contribution < -0.4 is 5.73 Å². The lowest BCUT2D eigenvalue weighted by Crippen LogP contribution is -2.17. The van der Waals surface area contributed by atoms with E-state index in [1.54, 1.807) is 0 Å². The number of nitrogen functional groups attached to an aromatic ring is 1. The minimum Gasteiger partial charge on any atom is -0.383 e. The molecule has 1 aromatic carbocycles. The van der Waals surface area contributed by atoms with Crippen LogP contribution >= 0.6 is 0 Å². The van der Waals surface area contributed by atoms with E-state index in [0.29, 0.717) is 10.7 Å². The fraction of sp³-hybridized carbons (Fsp3) is 0.267. The lowest BCUT2D eigenvalue weighted by atomic mass is 10.1. The third-order valence-electron chi connectivity index (χ3n) is 3.86. The number of alkyl halides is 9. The summed E-state index contributed by atoms with van der Waals surface area (Å²) in [4.78, 5) is 5.47. The number of benzene rings is 1. The summed E-state index contributed by atoms with van der Waals surface area (Å²) < 4.78 is 118. The zero-order valence-corrected chi connectivity index (χ0v) is 14.0. The third-order valence-corrected chi connectivity index (χ3v) is 3.86. The molecule has 0 radical (unpaired) electrons. The van der Waals surface area contributed by atoms with Crippen LogP contribution in [0.3, 0.4) is 0 Å². The number of hydrogen-bond donors (Lipinski definition) is 1. The van der Waals surface area contributed by atoms with Crippen molar-refractivity contribution in [3.63, 3.8) is 0 Å². The van der Waals surface area contributed by atoms with Gasteiger partial charge >= 0.3 is 18.5 Å². The summed E-state index contributed by atoms with van der Waals surface area (Å²) >= 11 is 0. The Kier molecular flexibility index (Phi) is 4.43. The van der Waals surface area contributed by atoms with Gasteiger partial charge in [0.05, 0.1) is 16.6 Å². The maximum absolute atomic E-state index is 13.3. The van der Waals surface area contributed by atoms with E-state index in [-0.39, 0.29) is 11.3 Å². The van der Waals surface area contributed by atoms with E-state index < -0.39 is 52.5 Å². The van der Waals surface area contributed by atoms with Crippen LogP contribution in [0.2, 0.25) is 0 Å². The van der Waals surface area contributed by atoms with Crippen LogP contribution in [0.15, 0.2) is 18.2 Å². The molecule has 0 fully saturated rings. The largest absolute Gasteiger partial charge is 0.451 e. The highest BCUT2D eigenvalue weighted by atomic mass is 19.4. The number of hydrogen-bond acceptors (Lipinski definition) is 4. The number of halogens is 9. The second-order valence-electron chi connectivity index (χ2n) is 5.89. The average Bonchev–Trinajstić information content (AvgIpc) is 2.88. The van der Waals surface area contributed by atoms with E-state index in [9.17, 15) is 39.5 Å². The fourth-order valence-corrected chi connectivity index (χ4v) is 2.54. The summed E-state index contributed by atoms with van der Waals surface area (Å²) in [6.07, 6.45) is -15.5. The molecule has 14 heteroatoms. The highest BCUT2D eigenvalue weighted by Gasteiger charge is 2.43. The van der Waals surface area contributed by atoms with Crippen LogP contribution in [0.5, 0.6) is 0 Å². The molecule has 156 valence electrons. The van der Waals surface area contributed by atoms with E-state index >= 15 is 0 Å². The summed E-state index contributed by atoms with van der Waals surface area (Å²) in [6.45, 7) is 1.32. The van der Waals surface area contributed by atoms with E-state index in [1.807, 2.05) is 0 Å². The Morgan fingerprint density at radius 2 is 1.48 bits per heavy atom. The Morgan fingerprint density at radius 1 is 0.862 bits per heavy atom. The number of fused-ring (bicyclic) bond motifs is 1. The van der Waals surface area contributed by atoms with Crippen LogP contribution in [0.1, 0.15) is 22.6 Å². The van der Waals surface area contributed by atoms with Gasteiger partial charge in [0.1, 0.15) is 5.82 Å². The minimum absolute atomic E-state index is 0.120. The molecule has 3 aromatic rings. The summed E-state index contributed by atoms with van der Waals surface area (Å²) in [5.74, 6) is -2.97. The SMILES string of the molecule is Cc1ccc(C(F)(F)F)cc1-n1nc2nc(C(F)(F)F)nc(C(F)(F)F)c2c1N. The number of rotatable bonds is 1. The molecular formula is C15H8F9N5. The van der Waals surface area contributed by atoms with Crippen molar-refractivity contribution in [3.8, 4) is 5.69 Å². The van der Waals surface area contributed by atoms with E-state index in [1.165, 1.54) is 6.92 Å². The number of nitrogens with two attached hydrogens (primary N) is 1. The minimum atomic E-state index is -5.36. The Labute approximate surface area is 155 Å². The molecule has 0 bridgehead atoms. The van der Waals surface area contributed by atoms with Crippen molar-refractivity contribution in [2.45, 2.75) is 25.5 Å². The predicted octanol–water partition coefficient (Wildman–Crippen LogP) is 4.76. The highest BCUT2D eigenvalue weighted by Crippen LogP contribution is 2.39. The van der Waals surface area contributed by atoms with Crippen LogP contribution in [-0.2, 0) is 18.5 Å². The van der Waals surface area contributed by atoms with E-state index in [4.69, 9.17) is 5.73 Å². The monoisotopic (exact) mass is 429 g/mol. The van der Waals surface area contributed by atoms with Crippen LogP contribution in [0, 0.1) is 6.92 Å². The normalized spacial score (nSPS) is 13.3. The summed E-state index contributed by atoms with van der Waals surface area (Å²) in [5, 5.41) is 2.43. The van der Waals surface area contributed by atoms with Crippen molar-refractivity contribution in [2.75, 3.05) is 5.73 Å². The van der Waals surface area contributed by atoms with Crippen LogP contribution in [-0.4, -0.2) is 19.7 Å². The molecule has 29 heavy (non-hydrogen) atoms. The highest BCUT2D eigenvalue weighted by molar-refractivity contribution is 5.90. The quantitative estimate of drug-likeness (QED) is 0.567. The van der Waals surface area contributed by atoms with Gasteiger partial charge in [-0.05, 0) is 24.6 Å². The number of nitrogens with zero attached hydrogens (tertiary/aromatic N) is 4. The van der Waals surface area contributed by atoms with Crippen molar-refractivity contribution in [1.82, 2.24) is 19.7 Å². The van der Waals surface area contributed by atoms with Crippen LogP contribution in [0.4, 0.5) is 45.3 Å². The lowest BCUT2D eigenvalue weighted by molar-refractivity contribution is -0.151. The maximum atomic E-state index is 13.3. The molecular weight excluding hydrogens is 421 g/mol. The molecule has 0 aliphatic carbocycles. The first kappa shape index (κ1) is 20.7. The number of anilines is 1. The van der Waals surface area contributed by atoms with Crippen molar-refractivity contribution in [1.29, 1.82) is 0 Å². The summed E-state index contributed by atoms with van der Waals surface area (Å²) in [5.41, 5.74) is 1.14. The molecule has 3 rings (SSSR count). The van der Waals surface area contributed by atoms with Gasteiger partial charge in [0.2, 0.25) is 5.82 Å². The van der Waals surface area contributed by atoms with Gasteiger partial charge < -0.3 is 5.73 Å². The summed E-state index contributed by atoms with van der Waals surface area (Å²) in [7, 11) is 0. The zero-order valence-electron chi connectivity index (χ0n) is 14.0. The van der Waals surface area contributed by atoms with Gasteiger partial charge in [-0.15, -0.1) is 5.10 Å². The lowest BCUT2D eigenvalue weighted by Gasteiger charge is -2.12. The average molecular weight is 429 g/mol. The Morgan fingerprint density at radius 3 is 2.00 bits per heavy atom. The number of aryl methyl sites for hydroxylation is 1. The Balaban J connectivity index is 2.37. The molecule has 0 unspecified atom stereocenters. The van der Waals surface area contributed by atoms with Crippen molar-refractivity contribution in [3.05, 3.63) is 40.8 Å². The smallest absolute Gasteiger partial charge is 0.383 e. The van der Waals surface area contributed by atoms with Crippen LogP contribution in [0.25, 0.3) is 16.7 Å².